The summed E-state index contributed by atoms with van der Waals surface area (Å²) in [5.74, 6) is -0.787. The zero-order valence-electron chi connectivity index (χ0n) is 11.7. The number of carbonyl (C=O) groups excluding carboxylic acids is 1. The first kappa shape index (κ1) is 15.9. The van der Waals surface area contributed by atoms with Gasteiger partial charge in [-0.25, -0.2) is 9.18 Å². The first-order chi connectivity index (χ1) is 10.6. The lowest BCUT2D eigenvalue weighted by Crippen LogP contribution is -2.24. The van der Waals surface area contributed by atoms with Crippen molar-refractivity contribution < 1.29 is 24.1 Å². The number of carbonyl (C=O) groups is 1. The summed E-state index contributed by atoms with van der Waals surface area (Å²) in [5, 5.41) is 21.0. The van der Waals surface area contributed by atoms with E-state index in [1.807, 2.05) is 0 Å². The van der Waals surface area contributed by atoms with Crippen molar-refractivity contribution in [3.05, 3.63) is 59.9 Å². The van der Waals surface area contributed by atoms with Gasteiger partial charge in [0.2, 0.25) is 0 Å². The molecule has 0 saturated carbocycles. The third kappa shape index (κ3) is 4.28. The molecule has 0 heterocycles. The topological polar surface area (TPSA) is 78.8 Å². The van der Waals surface area contributed by atoms with Crippen LogP contribution in [0.3, 0.4) is 0 Å². The Balaban J connectivity index is 2.10. The highest BCUT2D eigenvalue weighted by molar-refractivity contribution is 5.96. The minimum Gasteiger partial charge on any atom is -0.423 e. The van der Waals surface area contributed by atoms with Crippen molar-refractivity contribution in [2.45, 2.75) is 6.10 Å². The number of aliphatic hydroxyl groups excluding tert-OH is 2. The molecule has 3 N–H and O–H groups in total. The van der Waals surface area contributed by atoms with Crippen LogP contribution >= 0.6 is 0 Å². The second kappa shape index (κ2) is 7.53. The summed E-state index contributed by atoms with van der Waals surface area (Å²) < 4.78 is 18.0. The van der Waals surface area contributed by atoms with E-state index in [9.17, 15) is 14.3 Å². The van der Waals surface area contributed by atoms with Gasteiger partial charge >= 0.3 is 5.97 Å². The van der Waals surface area contributed by atoms with Gasteiger partial charge in [-0.05, 0) is 36.4 Å². The van der Waals surface area contributed by atoms with Crippen LogP contribution in [-0.2, 0) is 0 Å². The molecule has 0 fully saturated rings. The second-order valence-electron chi connectivity index (χ2n) is 4.61. The number of ether oxygens (including phenoxy) is 1. The van der Waals surface area contributed by atoms with E-state index in [-0.39, 0.29) is 24.5 Å². The Bertz CT molecular complexity index is 630. The van der Waals surface area contributed by atoms with E-state index in [0.717, 1.165) is 0 Å². The van der Waals surface area contributed by atoms with Gasteiger partial charge in [0.05, 0.1) is 18.3 Å². The number of aliphatic hydroxyl groups is 2. The molecular weight excluding hydrogens is 289 g/mol. The Morgan fingerprint density at radius 1 is 1.18 bits per heavy atom. The Labute approximate surface area is 127 Å². The van der Waals surface area contributed by atoms with Crippen LogP contribution in [0.5, 0.6) is 5.75 Å². The predicted molar refractivity (Wildman–Crippen MR) is 79.4 cm³/mol. The van der Waals surface area contributed by atoms with Crippen LogP contribution in [0.1, 0.15) is 10.4 Å². The molecule has 2 aromatic carbocycles. The smallest absolute Gasteiger partial charge is 0.345 e. The first-order valence-electron chi connectivity index (χ1n) is 6.69. The largest absolute Gasteiger partial charge is 0.423 e. The molecule has 2 rings (SSSR count). The monoisotopic (exact) mass is 305 g/mol. The Morgan fingerprint density at radius 3 is 2.55 bits per heavy atom. The molecule has 116 valence electrons. The molecule has 5 nitrogen and oxygen atoms in total. The molecule has 0 radical (unpaired) electrons. The Kier molecular flexibility index (Phi) is 5.46. The number of esters is 1. The molecule has 1 unspecified atom stereocenters. The molecule has 0 bridgehead atoms. The molecular formula is C16H16FNO4. The molecule has 0 saturated heterocycles. The highest BCUT2D eigenvalue weighted by atomic mass is 19.1. The van der Waals surface area contributed by atoms with Crippen molar-refractivity contribution in [3.8, 4) is 5.75 Å². The van der Waals surface area contributed by atoms with Gasteiger partial charge in [0.15, 0.2) is 0 Å². The highest BCUT2D eigenvalue weighted by Crippen LogP contribution is 2.19. The van der Waals surface area contributed by atoms with Crippen molar-refractivity contribution in [3.63, 3.8) is 0 Å². The quantitative estimate of drug-likeness (QED) is 0.560. The van der Waals surface area contributed by atoms with E-state index >= 15 is 0 Å². The van der Waals surface area contributed by atoms with Gasteiger partial charge in [0.1, 0.15) is 11.6 Å². The van der Waals surface area contributed by atoms with Crippen LogP contribution in [0.25, 0.3) is 0 Å². The van der Waals surface area contributed by atoms with E-state index < -0.39 is 17.9 Å². The van der Waals surface area contributed by atoms with Crippen molar-refractivity contribution in [2.24, 2.45) is 0 Å². The molecule has 0 aliphatic carbocycles. The minimum atomic E-state index is -0.929. The average molecular weight is 305 g/mol. The van der Waals surface area contributed by atoms with E-state index in [0.29, 0.717) is 5.69 Å². The standard InChI is InChI=1S/C16H16FNO4/c17-11-5-7-13(8-6-11)22-16(21)14-3-1-2-4-15(14)18-9-12(20)10-19/h1-8,12,18-20H,9-10H2. The molecule has 1 atom stereocenters. The third-order valence-electron chi connectivity index (χ3n) is 2.91. The second-order valence-corrected chi connectivity index (χ2v) is 4.61. The first-order valence-corrected chi connectivity index (χ1v) is 6.69. The van der Waals surface area contributed by atoms with E-state index in [1.54, 1.807) is 24.3 Å². The van der Waals surface area contributed by atoms with Gasteiger partial charge in [-0.1, -0.05) is 12.1 Å². The maximum absolute atomic E-state index is 12.8. The summed E-state index contributed by atoms with van der Waals surface area (Å²) in [6.07, 6.45) is -0.929. The summed E-state index contributed by atoms with van der Waals surface area (Å²) in [5.41, 5.74) is 0.749. The minimum absolute atomic E-state index is 0.0946. The Morgan fingerprint density at radius 2 is 1.86 bits per heavy atom. The Hall–Kier alpha value is -2.44. The molecule has 0 amide bonds. The molecule has 2 aromatic rings. The summed E-state index contributed by atoms with van der Waals surface area (Å²) in [7, 11) is 0. The highest BCUT2D eigenvalue weighted by Gasteiger charge is 2.14. The maximum atomic E-state index is 12.8. The fraction of sp³-hybridized carbons (Fsp3) is 0.188. The van der Waals surface area contributed by atoms with Crippen LogP contribution in [0, 0.1) is 5.82 Å². The van der Waals surface area contributed by atoms with Gasteiger partial charge in [-0.3, -0.25) is 0 Å². The molecule has 6 heteroatoms. The molecule has 0 aliphatic rings. The number of hydrogen-bond donors (Lipinski definition) is 3. The molecule has 0 aliphatic heterocycles. The normalized spacial score (nSPS) is 11.8. The van der Waals surface area contributed by atoms with E-state index in [2.05, 4.69) is 5.32 Å². The third-order valence-corrected chi connectivity index (χ3v) is 2.91. The number of benzene rings is 2. The fourth-order valence-corrected chi connectivity index (χ4v) is 1.77. The number of halogens is 1. The summed E-state index contributed by atoms with van der Waals surface area (Å²) in [6, 6.07) is 11.7. The summed E-state index contributed by atoms with van der Waals surface area (Å²) in [6.45, 7) is -0.285. The van der Waals surface area contributed by atoms with Gasteiger partial charge < -0.3 is 20.3 Å². The van der Waals surface area contributed by atoms with E-state index in [4.69, 9.17) is 9.84 Å². The zero-order chi connectivity index (χ0) is 15.9. The average Bonchev–Trinajstić information content (AvgIpc) is 2.55. The molecule has 22 heavy (non-hydrogen) atoms. The van der Waals surface area contributed by atoms with Crippen LogP contribution in [0.2, 0.25) is 0 Å². The number of hydrogen-bond acceptors (Lipinski definition) is 5. The lowest BCUT2D eigenvalue weighted by Gasteiger charge is -2.13. The summed E-state index contributed by atoms with van der Waals surface area (Å²) >= 11 is 0. The van der Waals surface area contributed by atoms with Gasteiger partial charge in [-0.15, -0.1) is 0 Å². The van der Waals surface area contributed by atoms with Crippen LogP contribution in [0.15, 0.2) is 48.5 Å². The van der Waals surface area contributed by atoms with Crippen molar-refractivity contribution in [1.29, 1.82) is 0 Å². The lowest BCUT2D eigenvalue weighted by atomic mass is 10.1. The SMILES string of the molecule is O=C(Oc1ccc(F)cc1)c1ccccc1NCC(O)CO. The number of nitrogens with one attached hydrogen (secondary N) is 1. The van der Waals surface area contributed by atoms with Gasteiger partial charge in [0, 0.05) is 12.2 Å². The van der Waals surface area contributed by atoms with E-state index in [1.165, 1.54) is 24.3 Å². The fourth-order valence-electron chi connectivity index (χ4n) is 1.77. The van der Waals surface area contributed by atoms with Crippen LogP contribution in [0.4, 0.5) is 10.1 Å². The van der Waals surface area contributed by atoms with Crippen LogP contribution in [-0.4, -0.2) is 35.4 Å². The predicted octanol–water partition coefficient (Wildman–Crippen LogP) is 1.81. The maximum Gasteiger partial charge on any atom is 0.345 e. The molecule has 0 aromatic heterocycles. The van der Waals surface area contributed by atoms with Crippen LogP contribution < -0.4 is 10.1 Å². The van der Waals surface area contributed by atoms with Crippen molar-refractivity contribution in [1.82, 2.24) is 0 Å². The zero-order valence-corrected chi connectivity index (χ0v) is 11.7. The van der Waals surface area contributed by atoms with Gasteiger partial charge in [0.25, 0.3) is 0 Å². The summed E-state index contributed by atoms with van der Waals surface area (Å²) in [4.78, 5) is 12.2. The van der Waals surface area contributed by atoms with Crippen molar-refractivity contribution in [2.75, 3.05) is 18.5 Å². The molecule has 0 spiro atoms. The number of para-hydroxylation sites is 1. The van der Waals surface area contributed by atoms with Gasteiger partial charge in [-0.2, -0.15) is 0 Å². The number of anilines is 1. The van der Waals surface area contributed by atoms with Crippen molar-refractivity contribution >= 4 is 11.7 Å². The number of rotatable bonds is 6. The lowest BCUT2D eigenvalue weighted by molar-refractivity contribution is 0.0735.